The molecule has 4 rings (SSSR count). The third-order valence-corrected chi connectivity index (χ3v) is 5.11. The molecule has 5 heteroatoms. The van der Waals surface area contributed by atoms with Crippen molar-refractivity contribution in [3.05, 3.63) is 100 Å². The van der Waals surface area contributed by atoms with E-state index in [1.807, 2.05) is 18.2 Å². The Morgan fingerprint density at radius 1 is 1.03 bits per heavy atom. The van der Waals surface area contributed by atoms with E-state index >= 15 is 0 Å². The van der Waals surface area contributed by atoms with Crippen LogP contribution in [-0.4, -0.2) is 22.0 Å². The molecule has 0 radical (unpaired) electrons. The molecule has 4 nitrogen and oxygen atoms in total. The van der Waals surface area contributed by atoms with Gasteiger partial charge in [-0.05, 0) is 42.8 Å². The van der Waals surface area contributed by atoms with Crippen molar-refractivity contribution < 1.29 is 4.79 Å². The fourth-order valence-corrected chi connectivity index (χ4v) is 3.70. The highest BCUT2D eigenvalue weighted by atomic mass is 35.5. The molecule has 0 aliphatic carbocycles. The molecule has 1 N–H and O–H groups in total. The maximum atomic E-state index is 12.4. The number of aryl methyl sites for hydroxylation is 1. The lowest BCUT2D eigenvalue weighted by atomic mass is 10.1. The molecule has 0 aliphatic rings. The van der Waals surface area contributed by atoms with Gasteiger partial charge >= 0.3 is 0 Å². The third kappa shape index (κ3) is 4.49. The number of nitrogens with zero attached hydrogens (tertiary/aromatic N) is 2. The highest BCUT2D eigenvalue weighted by molar-refractivity contribution is 6.30. The second-order valence-corrected chi connectivity index (χ2v) is 7.54. The number of halogens is 1. The van der Waals surface area contributed by atoms with Crippen LogP contribution in [0.25, 0.3) is 11.0 Å². The van der Waals surface area contributed by atoms with Crippen LogP contribution in [0.2, 0.25) is 5.02 Å². The number of para-hydroxylation sites is 2. The fraction of sp³-hybridized carbons (Fsp3) is 0.167. The molecule has 0 aliphatic heterocycles. The van der Waals surface area contributed by atoms with E-state index in [0.29, 0.717) is 23.6 Å². The zero-order valence-electron chi connectivity index (χ0n) is 16.2. The summed E-state index contributed by atoms with van der Waals surface area (Å²) >= 11 is 5.98. The molecule has 1 aromatic heterocycles. The van der Waals surface area contributed by atoms with Gasteiger partial charge in [0, 0.05) is 30.1 Å². The van der Waals surface area contributed by atoms with Crippen LogP contribution in [0.1, 0.15) is 27.3 Å². The predicted molar refractivity (Wildman–Crippen MR) is 118 cm³/mol. The van der Waals surface area contributed by atoms with Crippen molar-refractivity contribution in [1.29, 1.82) is 0 Å². The van der Waals surface area contributed by atoms with Gasteiger partial charge in [-0.1, -0.05) is 59.6 Å². The van der Waals surface area contributed by atoms with Crippen LogP contribution < -0.4 is 5.32 Å². The van der Waals surface area contributed by atoms with Gasteiger partial charge in [-0.15, -0.1) is 0 Å². The van der Waals surface area contributed by atoms with Crippen molar-refractivity contribution >= 4 is 28.5 Å². The fourth-order valence-electron chi connectivity index (χ4n) is 3.51. The number of fused-ring (bicyclic) bond motifs is 1. The third-order valence-electron chi connectivity index (χ3n) is 4.88. The summed E-state index contributed by atoms with van der Waals surface area (Å²) in [6.07, 6.45) is 0.646. The average Bonchev–Trinajstić information content (AvgIpc) is 3.05. The number of carbonyl (C=O) groups is 1. The van der Waals surface area contributed by atoms with E-state index in [2.05, 4.69) is 47.1 Å². The van der Waals surface area contributed by atoms with Crippen molar-refractivity contribution in [2.45, 2.75) is 19.9 Å². The minimum absolute atomic E-state index is 0.131. The molecule has 0 fully saturated rings. The Morgan fingerprint density at radius 3 is 2.69 bits per heavy atom. The summed E-state index contributed by atoms with van der Waals surface area (Å²) in [6.45, 7) is 3.35. The van der Waals surface area contributed by atoms with Crippen LogP contribution in [0, 0.1) is 6.92 Å². The van der Waals surface area contributed by atoms with E-state index in [4.69, 9.17) is 16.6 Å². The highest BCUT2D eigenvalue weighted by Crippen LogP contribution is 2.19. The normalized spacial score (nSPS) is 11.0. The van der Waals surface area contributed by atoms with Crippen LogP contribution in [0.4, 0.5) is 0 Å². The summed E-state index contributed by atoms with van der Waals surface area (Å²) < 4.78 is 2.23. The lowest BCUT2D eigenvalue weighted by molar-refractivity contribution is 0.0954. The standard InChI is InChI=1S/C24H22ClN3O/c1-17-6-4-7-18(14-17)16-28-22-11-3-2-10-21(22)27-23(28)12-13-26-24(29)19-8-5-9-20(25)15-19/h2-11,14-15H,12-13,16H2,1H3,(H,26,29). The molecular formula is C24H22ClN3O. The molecule has 0 spiro atoms. The Hall–Kier alpha value is -3.11. The zero-order chi connectivity index (χ0) is 20.2. The number of rotatable bonds is 6. The van der Waals surface area contributed by atoms with Crippen molar-refractivity contribution in [2.24, 2.45) is 0 Å². The Balaban J connectivity index is 1.53. The van der Waals surface area contributed by atoms with Gasteiger partial charge in [-0.3, -0.25) is 4.79 Å². The van der Waals surface area contributed by atoms with Gasteiger partial charge in [0.2, 0.25) is 0 Å². The van der Waals surface area contributed by atoms with E-state index in [9.17, 15) is 4.79 Å². The molecular weight excluding hydrogens is 382 g/mol. The average molecular weight is 404 g/mol. The molecule has 1 amide bonds. The maximum absolute atomic E-state index is 12.4. The van der Waals surface area contributed by atoms with Crippen LogP contribution in [0.3, 0.4) is 0 Å². The topological polar surface area (TPSA) is 46.9 Å². The maximum Gasteiger partial charge on any atom is 0.251 e. The number of carbonyl (C=O) groups excluding carboxylic acids is 1. The van der Waals surface area contributed by atoms with Gasteiger partial charge in [0.1, 0.15) is 5.82 Å². The molecule has 0 atom stereocenters. The summed E-state index contributed by atoms with van der Waals surface area (Å²) in [6, 6.07) is 23.6. The van der Waals surface area contributed by atoms with Crippen LogP contribution in [0.5, 0.6) is 0 Å². The van der Waals surface area contributed by atoms with Gasteiger partial charge in [0.15, 0.2) is 0 Å². The second-order valence-electron chi connectivity index (χ2n) is 7.11. The Morgan fingerprint density at radius 2 is 1.86 bits per heavy atom. The minimum atomic E-state index is -0.131. The summed E-state index contributed by atoms with van der Waals surface area (Å²) in [5.74, 6) is 0.827. The number of aromatic nitrogens is 2. The largest absolute Gasteiger partial charge is 0.352 e. The Bertz CT molecular complexity index is 1170. The SMILES string of the molecule is Cc1cccc(Cn2c(CCNC(=O)c3cccc(Cl)c3)nc3ccccc32)c1. The predicted octanol–water partition coefficient (Wildman–Crippen LogP) is 5.02. The van der Waals surface area contributed by atoms with E-state index in [1.165, 1.54) is 11.1 Å². The van der Waals surface area contributed by atoms with E-state index in [-0.39, 0.29) is 5.91 Å². The molecule has 0 bridgehead atoms. The molecule has 0 saturated heterocycles. The first-order chi connectivity index (χ1) is 14.1. The Labute approximate surface area is 175 Å². The molecule has 4 aromatic rings. The molecule has 29 heavy (non-hydrogen) atoms. The van der Waals surface area contributed by atoms with Crippen molar-refractivity contribution in [2.75, 3.05) is 6.54 Å². The summed E-state index contributed by atoms with van der Waals surface area (Å²) in [4.78, 5) is 17.2. The number of nitrogens with one attached hydrogen (secondary N) is 1. The smallest absolute Gasteiger partial charge is 0.251 e. The van der Waals surface area contributed by atoms with E-state index in [1.54, 1.807) is 24.3 Å². The minimum Gasteiger partial charge on any atom is -0.352 e. The van der Waals surface area contributed by atoms with Gasteiger partial charge in [0.25, 0.3) is 5.91 Å². The van der Waals surface area contributed by atoms with Crippen molar-refractivity contribution in [1.82, 2.24) is 14.9 Å². The Kier molecular flexibility index (Phi) is 5.63. The quantitative estimate of drug-likeness (QED) is 0.491. The number of hydrogen-bond acceptors (Lipinski definition) is 2. The van der Waals surface area contributed by atoms with Gasteiger partial charge in [-0.2, -0.15) is 0 Å². The monoisotopic (exact) mass is 403 g/mol. The van der Waals surface area contributed by atoms with Crippen molar-refractivity contribution in [3.63, 3.8) is 0 Å². The number of amides is 1. The molecule has 0 unspecified atom stereocenters. The van der Waals surface area contributed by atoms with Crippen molar-refractivity contribution in [3.8, 4) is 0 Å². The summed E-state index contributed by atoms with van der Waals surface area (Å²) in [5, 5.41) is 3.52. The number of hydrogen-bond donors (Lipinski definition) is 1. The molecule has 1 heterocycles. The van der Waals surface area contributed by atoms with E-state index < -0.39 is 0 Å². The van der Waals surface area contributed by atoms with Gasteiger partial charge < -0.3 is 9.88 Å². The summed E-state index contributed by atoms with van der Waals surface area (Å²) in [5.41, 5.74) is 5.10. The second kappa shape index (κ2) is 8.50. The highest BCUT2D eigenvalue weighted by Gasteiger charge is 2.12. The van der Waals surface area contributed by atoms with E-state index in [0.717, 1.165) is 23.4 Å². The van der Waals surface area contributed by atoms with Crippen LogP contribution in [0.15, 0.2) is 72.8 Å². The first-order valence-electron chi connectivity index (χ1n) is 9.63. The number of benzene rings is 3. The first-order valence-corrected chi connectivity index (χ1v) is 10.0. The lowest BCUT2D eigenvalue weighted by Gasteiger charge is -2.11. The zero-order valence-corrected chi connectivity index (χ0v) is 17.0. The van der Waals surface area contributed by atoms with Crippen LogP contribution in [-0.2, 0) is 13.0 Å². The molecule has 3 aromatic carbocycles. The van der Waals surface area contributed by atoms with Gasteiger partial charge in [-0.25, -0.2) is 4.98 Å². The summed E-state index contributed by atoms with van der Waals surface area (Å²) in [7, 11) is 0. The number of imidazole rings is 1. The molecule has 0 saturated carbocycles. The first kappa shape index (κ1) is 19.2. The van der Waals surface area contributed by atoms with Gasteiger partial charge in [0.05, 0.1) is 11.0 Å². The lowest BCUT2D eigenvalue weighted by Crippen LogP contribution is -2.26. The molecule has 146 valence electrons. The van der Waals surface area contributed by atoms with Crippen LogP contribution >= 0.6 is 11.6 Å².